The topological polar surface area (TPSA) is 33.1 Å². The Hall–Kier alpha value is -1.41. The van der Waals surface area contributed by atoms with E-state index in [2.05, 4.69) is 31.0 Å². The normalized spacial score (nSPS) is 31.5. The summed E-state index contributed by atoms with van der Waals surface area (Å²) in [5.74, 6) is 0.906. The second kappa shape index (κ2) is 4.61. The molecule has 2 nitrogen and oxygen atoms in total. The van der Waals surface area contributed by atoms with E-state index in [9.17, 15) is 5.11 Å². The van der Waals surface area contributed by atoms with Gasteiger partial charge in [0.25, 0.3) is 0 Å². The number of aliphatic hydroxyl groups is 1. The van der Waals surface area contributed by atoms with Crippen molar-refractivity contribution in [2.45, 2.75) is 38.7 Å². The Morgan fingerprint density at radius 1 is 1.21 bits per heavy atom. The molecule has 0 radical (unpaired) electrons. The first-order valence-corrected chi connectivity index (χ1v) is 7.17. The highest BCUT2D eigenvalue weighted by molar-refractivity contribution is 5.79. The third-order valence-electron chi connectivity index (χ3n) is 4.67. The van der Waals surface area contributed by atoms with E-state index in [0.29, 0.717) is 11.8 Å². The molecular formula is C17H21NO. The lowest BCUT2D eigenvalue weighted by atomic mass is 9.69. The van der Waals surface area contributed by atoms with Crippen molar-refractivity contribution in [1.29, 1.82) is 0 Å². The molecule has 19 heavy (non-hydrogen) atoms. The maximum absolute atomic E-state index is 11.1. The summed E-state index contributed by atoms with van der Waals surface area (Å²) in [4.78, 5) is 4.34. The van der Waals surface area contributed by atoms with Crippen molar-refractivity contribution in [2.24, 2.45) is 11.8 Å². The second-order valence-corrected chi connectivity index (χ2v) is 6.12. The summed E-state index contributed by atoms with van der Waals surface area (Å²) in [6.07, 6.45) is 4.99. The molecule has 1 saturated carbocycles. The number of rotatable bonds is 1. The van der Waals surface area contributed by atoms with Gasteiger partial charge in [-0.05, 0) is 48.4 Å². The molecule has 1 aromatic heterocycles. The molecular weight excluding hydrogens is 234 g/mol. The summed E-state index contributed by atoms with van der Waals surface area (Å²) >= 11 is 0. The largest absolute Gasteiger partial charge is 0.385 e. The molecule has 1 aliphatic carbocycles. The van der Waals surface area contributed by atoms with Crippen LogP contribution in [0.1, 0.15) is 38.7 Å². The number of pyridine rings is 1. The van der Waals surface area contributed by atoms with Crippen molar-refractivity contribution >= 4 is 10.9 Å². The molecule has 100 valence electrons. The molecule has 3 rings (SSSR count). The van der Waals surface area contributed by atoms with E-state index in [-0.39, 0.29) is 0 Å². The molecule has 1 N–H and O–H groups in total. The first-order valence-electron chi connectivity index (χ1n) is 7.17. The van der Waals surface area contributed by atoms with Crippen LogP contribution in [0.15, 0.2) is 36.5 Å². The summed E-state index contributed by atoms with van der Waals surface area (Å²) in [5, 5.41) is 12.2. The van der Waals surface area contributed by atoms with Gasteiger partial charge >= 0.3 is 0 Å². The molecule has 2 heteroatoms. The van der Waals surface area contributed by atoms with E-state index in [0.717, 1.165) is 29.3 Å². The SMILES string of the molecule is CC1CCC(C)C(O)(c2ccc3ncccc3c2)C1. The van der Waals surface area contributed by atoms with E-state index < -0.39 is 5.60 Å². The van der Waals surface area contributed by atoms with Gasteiger partial charge in [-0.15, -0.1) is 0 Å². The van der Waals surface area contributed by atoms with Gasteiger partial charge in [0.15, 0.2) is 0 Å². The molecule has 0 amide bonds. The average molecular weight is 255 g/mol. The minimum Gasteiger partial charge on any atom is -0.385 e. The van der Waals surface area contributed by atoms with Crippen molar-refractivity contribution in [3.05, 3.63) is 42.1 Å². The van der Waals surface area contributed by atoms with Crippen LogP contribution in [-0.2, 0) is 5.60 Å². The van der Waals surface area contributed by atoms with Gasteiger partial charge in [-0.3, -0.25) is 4.98 Å². The third-order valence-corrected chi connectivity index (χ3v) is 4.67. The molecule has 0 aliphatic heterocycles. The van der Waals surface area contributed by atoms with Crippen molar-refractivity contribution in [3.63, 3.8) is 0 Å². The highest BCUT2D eigenvalue weighted by Gasteiger charge is 2.40. The van der Waals surface area contributed by atoms with Gasteiger partial charge in [-0.1, -0.05) is 32.4 Å². The van der Waals surface area contributed by atoms with Gasteiger partial charge in [0.05, 0.1) is 11.1 Å². The lowest BCUT2D eigenvalue weighted by molar-refractivity contribution is -0.0626. The van der Waals surface area contributed by atoms with Gasteiger partial charge < -0.3 is 5.11 Å². The first-order chi connectivity index (χ1) is 9.09. The van der Waals surface area contributed by atoms with E-state index in [4.69, 9.17) is 0 Å². The Morgan fingerprint density at radius 3 is 2.89 bits per heavy atom. The van der Waals surface area contributed by atoms with E-state index in [1.54, 1.807) is 0 Å². The van der Waals surface area contributed by atoms with Crippen LogP contribution in [-0.4, -0.2) is 10.1 Å². The van der Waals surface area contributed by atoms with Crippen LogP contribution in [0.3, 0.4) is 0 Å². The molecule has 3 unspecified atom stereocenters. The zero-order chi connectivity index (χ0) is 13.5. The molecule has 1 aliphatic rings. The van der Waals surface area contributed by atoms with Crippen LogP contribution in [0.25, 0.3) is 10.9 Å². The summed E-state index contributed by atoms with van der Waals surface area (Å²) < 4.78 is 0. The van der Waals surface area contributed by atoms with Crippen LogP contribution in [0.4, 0.5) is 0 Å². The summed E-state index contributed by atoms with van der Waals surface area (Å²) in [7, 11) is 0. The molecule has 0 bridgehead atoms. The molecule has 1 heterocycles. The monoisotopic (exact) mass is 255 g/mol. The lowest BCUT2D eigenvalue weighted by Crippen LogP contribution is -2.39. The van der Waals surface area contributed by atoms with E-state index >= 15 is 0 Å². The molecule has 0 spiro atoms. The molecule has 3 atom stereocenters. The van der Waals surface area contributed by atoms with Gasteiger partial charge in [0.2, 0.25) is 0 Å². The number of fused-ring (bicyclic) bond motifs is 1. The van der Waals surface area contributed by atoms with Gasteiger partial charge in [0.1, 0.15) is 0 Å². The van der Waals surface area contributed by atoms with Crippen molar-refractivity contribution < 1.29 is 5.11 Å². The number of hydrogen-bond donors (Lipinski definition) is 1. The fraction of sp³-hybridized carbons (Fsp3) is 0.471. The van der Waals surface area contributed by atoms with Crippen LogP contribution in [0, 0.1) is 11.8 Å². The van der Waals surface area contributed by atoms with Crippen molar-refractivity contribution in [3.8, 4) is 0 Å². The van der Waals surface area contributed by atoms with E-state index in [1.165, 1.54) is 6.42 Å². The number of nitrogens with zero attached hydrogens (tertiary/aromatic N) is 1. The zero-order valence-corrected chi connectivity index (χ0v) is 11.6. The Bertz CT molecular complexity index is 595. The minimum absolute atomic E-state index is 0.317. The van der Waals surface area contributed by atoms with Crippen molar-refractivity contribution in [2.75, 3.05) is 0 Å². The maximum atomic E-state index is 11.1. The number of aromatic nitrogens is 1. The molecule has 1 aromatic carbocycles. The fourth-order valence-electron chi connectivity index (χ4n) is 3.36. The predicted molar refractivity (Wildman–Crippen MR) is 77.8 cm³/mol. The number of benzene rings is 1. The zero-order valence-electron chi connectivity index (χ0n) is 11.6. The predicted octanol–water partition coefficient (Wildman–Crippen LogP) is 3.88. The highest BCUT2D eigenvalue weighted by Crippen LogP contribution is 2.44. The Kier molecular flexibility index (Phi) is 3.06. The Labute approximate surface area is 114 Å². The van der Waals surface area contributed by atoms with Crippen molar-refractivity contribution in [1.82, 2.24) is 4.98 Å². The van der Waals surface area contributed by atoms with Crippen LogP contribution in [0.2, 0.25) is 0 Å². The van der Waals surface area contributed by atoms with Gasteiger partial charge in [-0.2, -0.15) is 0 Å². The minimum atomic E-state index is -0.679. The average Bonchev–Trinajstić information content (AvgIpc) is 2.43. The smallest absolute Gasteiger partial charge is 0.0924 e. The second-order valence-electron chi connectivity index (χ2n) is 6.12. The third kappa shape index (κ3) is 2.14. The Balaban J connectivity index is 2.06. The summed E-state index contributed by atoms with van der Waals surface area (Å²) in [6, 6.07) is 10.2. The maximum Gasteiger partial charge on any atom is 0.0924 e. The molecule has 0 saturated heterocycles. The Morgan fingerprint density at radius 2 is 2.05 bits per heavy atom. The standard InChI is InChI=1S/C17H21NO/c1-12-5-6-13(2)17(19,11-12)15-7-8-16-14(10-15)4-3-9-18-16/h3-4,7-10,12-13,19H,5-6,11H2,1-2H3. The van der Waals surface area contributed by atoms with Gasteiger partial charge in [0, 0.05) is 11.6 Å². The first kappa shape index (κ1) is 12.6. The lowest BCUT2D eigenvalue weighted by Gasteiger charge is -2.41. The summed E-state index contributed by atoms with van der Waals surface area (Å²) in [6.45, 7) is 4.40. The summed E-state index contributed by atoms with van der Waals surface area (Å²) in [5.41, 5.74) is 1.36. The number of hydrogen-bond acceptors (Lipinski definition) is 2. The van der Waals surface area contributed by atoms with E-state index in [1.807, 2.05) is 24.4 Å². The fourth-order valence-corrected chi connectivity index (χ4v) is 3.36. The quantitative estimate of drug-likeness (QED) is 0.839. The van der Waals surface area contributed by atoms with Crippen LogP contribution < -0.4 is 0 Å². The van der Waals surface area contributed by atoms with Crippen LogP contribution >= 0.6 is 0 Å². The highest BCUT2D eigenvalue weighted by atomic mass is 16.3. The van der Waals surface area contributed by atoms with Crippen LogP contribution in [0.5, 0.6) is 0 Å². The van der Waals surface area contributed by atoms with Gasteiger partial charge in [-0.25, -0.2) is 0 Å². The molecule has 1 fully saturated rings. The molecule has 2 aromatic rings.